The standard InChI is InChI=1S/C17H25N3OS/c1-6-19(7-2)8-9-20(14(5)21)17-18-15-11-12(3)10-13(4)16(15)22-17/h10-11H,6-9H2,1-5H3. The fourth-order valence-electron chi connectivity index (χ4n) is 2.65. The molecule has 0 saturated heterocycles. The van der Waals surface area contributed by atoms with E-state index in [1.165, 1.54) is 15.8 Å². The molecule has 1 aromatic heterocycles. The van der Waals surface area contributed by atoms with Crippen molar-refractivity contribution in [2.45, 2.75) is 34.6 Å². The molecule has 0 saturated carbocycles. The summed E-state index contributed by atoms with van der Waals surface area (Å²) in [7, 11) is 0. The third kappa shape index (κ3) is 3.65. The number of anilines is 1. The van der Waals surface area contributed by atoms with Gasteiger partial charge in [-0.15, -0.1) is 0 Å². The molecule has 0 fully saturated rings. The molecule has 4 nitrogen and oxygen atoms in total. The molecule has 0 atom stereocenters. The van der Waals surface area contributed by atoms with Crippen LogP contribution in [0.1, 0.15) is 31.9 Å². The van der Waals surface area contributed by atoms with Crippen molar-refractivity contribution in [3.63, 3.8) is 0 Å². The number of hydrogen-bond donors (Lipinski definition) is 0. The van der Waals surface area contributed by atoms with Crippen molar-refractivity contribution in [2.24, 2.45) is 0 Å². The fourth-order valence-corrected chi connectivity index (χ4v) is 3.74. The van der Waals surface area contributed by atoms with Crippen LogP contribution in [0.5, 0.6) is 0 Å². The number of thiazole rings is 1. The number of nitrogens with zero attached hydrogens (tertiary/aromatic N) is 3. The maximum absolute atomic E-state index is 12.0. The smallest absolute Gasteiger partial charge is 0.225 e. The molecule has 0 N–H and O–H groups in total. The molecule has 1 amide bonds. The van der Waals surface area contributed by atoms with Gasteiger partial charge in [-0.1, -0.05) is 31.3 Å². The number of benzene rings is 1. The lowest BCUT2D eigenvalue weighted by atomic mass is 10.1. The summed E-state index contributed by atoms with van der Waals surface area (Å²) in [6.45, 7) is 13.7. The molecule has 0 radical (unpaired) electrons. The molecule has 120 valence electrons. The van der Waals surface area contributed by atoms with Crippen molar-refractivity contribution in [2.75, 3.05) is 31.1 Å². The van der Waals surface area contributed by atoms with Crippen LogP contribution in [0.4, 0.5) is 5.13 Å². The summed E-state index contributed by atoms with van der Waals surface area (Å²) in [5.41, 5.74) is 3.43. The quantitative estimate of drug-likeness (QED) is 0.816. The number of likely N-dealkylation sites (N-methyl/N-ethyl adjacent to an activating group) is 1. The largest absolute Gasteiger partial charge is 0.302 e. The van der Waals surface area contributed by atoms with Crippen LogP contribution in [-0.2, 0) is 4.79 Å². The van der Waals surface area contributed by atoms with Gasteiger partial charge in [-0.05, 0) is 44.1 Å². The molecule has 0 aliphatic heterocycles. The molecular weight excluding hydrogens is 294 g/mol. The van der Waals surface area contributed by atoms with E-state index in [1.807, 2.05) is 0 Å². The van der Waals surface area contributed by atoms with Crippen LogP contribution in [0.3, 0.4) is 0 Å². The van der Waals surface area contributed by atoms with E-state index >= 15 is 0 Å². The van der Waals surface area contributed by atoms with Crippen molar-refractivity contribution in [1.29, 1.82) is 0 Å². The van der Waals surface area contributed by atoms with E-state index in [-0.39, 0.29) is 5.91 Å². The number of carbonyl (C=O) groups excluding carboxylic acids is 1. The molecule has 22 heavy (non-hydrogen) atoms. The van der Waals surface area contributed by atoms with Gasteiger partial charge in [0.2, 0.25) is 5.91 Å². The Morgan fingerprint density at radius 3 is 2.45 bits per heavy atom. The SMILES string of the molecule is CCN(CC)CCN(C(C)=O)c1nc2cc(C)cc(C)c2s1. The molecule has 5 heteroatoms. The minimum absolute atomic E-state index is 0.0561. The van der Waals surface area contributed by atoms with E-state index in [1.54, 1.807) is 23.2 Å². The molecule has 0 aliphatic carbocycles. The minimum atomic E-state index is 0.0561. The maximum Gasteiger partial charge on any atom is 0.225 e. The Bertz CT molecular complexity index is 661. The van der Waals surface area contributed by atoms with Gasteiger partial charge in [-0.2, -0.15) is 0 Å². The zero-order valence-corrected chi connectivity index (χ0v) is 15.0. The van der Waals surface area contributed by atoms with E-state index in [0.29, 0.717) is 6.54 Å². The van der Waals surface area contributed by atoms with Crippen LogP contribution in [-0.4, -0.2) is 42.0 Å². The number of fused-ring (bicyclic) bond motifs is 1. The maximum atomic E-state index is 12.0. The summed E-state index contributed by atoms with van der Waals surface area (Å²) in [5.74, 6) is 0.0561. The van der Waals surface area contributed by atoms with Gasteiger partial charge in [0.25, 0.3) is 0 Å². The van der Waals surface area contributed by atoms with Gasteiger partial charge in [-0.3, -0.25) is 9.69 Å². The highest BCUT2D eigenvalue weighted by atomic mass is 32.1. The Labute approximate surface area is 136 Å². The summed E-state index contributed by atoms with van der Waals surface area (Å²) >= 11 is 1.61. The van der Waals surface area contributed by atoms with Crippen molar-refractivity contribution in [3.8, 4) is 0 Å². The van der Waals surface area contributed by atoms with Gasteiger partial charge in [0.05, 0.1) is 10.2 Å². The highest BCUT2D eigenvalue weighted by Crippen LogP contribution is 2.32. The van der Waals surface area contributed by atoms with Crippen molar-refractivity contribution in [1.82, 2.24) is 9.88 Å². The minimum Gasteiger partial charge on any atom is -0.302 e. The van der Waals surface area contributed by atoms with Crippen molar-refractivity contribution in [3.05, 3.63) is 23.3 Å². The zero-order chi connectivity index (χ0) is 16.3. The number of carbonyl (C=O) groups is 1. The zero-order valence-electron chi connectivity index (χ0n) is 14.1. The van der Waals surface area contributed by atoms with Crippen LogP contribution in [0.2, 0.25) is 0 Å². The Hall–Kier alpha value is -1.46. The van der Waals surface area contributed by atoms with Gasteiger partial charge in [0, 0.05) is 20.0 Å². The third-order valence-electron chi connectivity index (χ3n) is 3.95. The molecule has 1 heterocycles. The van der Waals surface area contributed by atoms with E-state index in [9.17, 15) is 4.79 Å². The highest BCUT2D eigenvalue weighted by molar-refractivity contribution is 7.22. The number of rotatable bonds is 6. The average molecular weight is 319 g/mol. The highest BCUT2D eigenvalue weighted by Gasteiger charge is 2.17. The van der Waals surface area contributed by atoms with E-state index in [2.05, 4.69) is 44.7 Å². The molecule has 2 aromatic rings. The van der Waals surface area contributed by atoms with Gasteiger partial charge < -0.3 is 4.90 Å². The summed E-state index contributed by atoms with van der Waals surface area (Å²) < 4.78 is 1.18. The first kappa shape index (κ1) is 16.9. The average Bonchev–Trinajstić information content (AvgIpc) is 2.87. The lowest BCUT2D eigenvalue weighted by Crippen LogP contribution is -2.37. The Balaban J connectivity index is 2.29. The summed E-state index contributed by atoms with van der Waals surface area (Å²) in [4.78, 5) is 20.8. The lowest BCUT2D eigenvalue weighted by Gasteiger charge is -2.23. The van der Waals surface area contributed by atoms with Crippen LogP contribution >= 0.6 is 11.3 Å². The van der Waals surface area contributed by atoms with E-state index in [4.69, 9.17) is 4.98 Å². The summed E-state index contributed by atoms with van der Waals surface area (Å²) in [6, 6.07) is 4.25. The van der Waals surface area contributed by atoms with Crippen LogP contribution in [0.15, 0.2) is 12.1 Å². The fraction of sp³-hybridized carbons (Fsp3) is 0.529. The van der Waals surface area contributed by atoms with Gasteiger partial charge in [0.1, 0.15) is 0 Å². The second kappa shape index (κ2) is 7.20. The molecular formula is C17H25N3OS. The van der Waals surface area contributed by atoms with Crippen LogP contribution in [0.25, 0.3) is 10.2 Å². The van der Waals surface area contributed by atoms with Gasteiger partial charge in [-0.25, -0.2) is 4.98 Å². The lowest BCUT2D eigenvalue weighted by molar-refractivity contribution is -0.116. The first-order chi connectivity index (χ1) is 10.5. The Morgan fingerprint density at radius 2 is 1.86 bits per heavy atom. The first-order valence-electron chi connectivity index (χ1n) is 7.84. The number of hydrogen-bond acceptors (Lipinski definition) is 4. The normalized spacial score (nSPS) is 11.4. The molecule has 0 aliphatic rings. The topological polar surface area (TPSA) is 36.4 Å². The van der Waals surface area contributed by atoms with E-state index < -0.39 is 0 Å². The van der Waals surface area contributed by atoms with Crippen molar-refractivity contribution >= 4 is 32.6 Å². The number of aromatic nitrogens is 1. The first-order valence-corrected chi connectivity index (χ1v) is 8.66. The molecule has 1 aromatic carbocycles. The Morgan fingerprint density at radius 1 is 1.18 bits per heavy atom. The van der Waals surface area contributed by atoms with Gasteiger partial charge >= 0.3 is 0 Å². The van der Waals surface area contributed by atoms with Gasteiger partial charge in [0.15, 0.2) is 5.13 Å². The molecule has 2 rings (SSSR count). The predicted octanol–water partition coefficient (Wildman–Crippen LogP) is 3.61. The monoisotopic (exact) mass is 319 g/mol. The summed E-state index contributed by atoms with van der Waals surface area (Å²) in [5, 5.41) is 0.809. The van der Waals surface area contributed by atoms with Crippen molar-refractivity contribution < 1.29 is 4.79 Å². The third-order valence-corrected chi connectivity index (χ3v) is 5.18. The Kier molecular flexibility index (Phi) is 5.53. The molecule has 0 spiro atoms. The second-order valence-electron chi connectivity index (χ2n) is 5.62. The number of amides is 1. The molecule has 0 bridgehead atoms. The second-order valence-corrected chi connectivity index (χ2v) is 6.60. The van der Waals surface area contributed by atoms with Crippen LogP contribution < -0.4 is 4.90 Å². The van der Waals surface area contributed by atoms with E-state index in [0.717, 1.165) is 30.3 Å². The predicted molar refractivity (Wildman–Crippen MR) is 94.9 cm³/mol. The number of aryl methyl sites for hydroxylation is 2. The van der Waals surface area contributed by atoms with Crippen LogP contribution in [0, 0.1) is 13.8 Å². The molecule has 0 unspecified atom stereocenters. The summed E-state index contributed by atoms with van der Waals surface area (Å²) in [6.07, 6.45) is 0.